The highest BCUT2D eigenvalue weighted by molar-refractivity contribution is 5.89. The van der Waals surface area contributed by atoms with E-state index in [1.165, 1.54) is 0 Å². The van der Waals surface area contributed by atoms with Crippen LogP contribution in [0.3, 0.4) is 0 Å². The molecular formula is C19H23N5O2. The number of amides is 2. The third-order valence-corrected chi connectivity index (χ3v) is 4.22. The number of aromatic nitrogens is 2. The van der Waals surface area contributed by atoms with Crippen LogP contribution in [-0.4, -0.2) is 29.9 Å². The predicted octanol–water partition coefficient (Wildman–Crippen LogP) is 3.19. The van der Waals surface area contributed by atoms with Crippen LogP contribution in [0.25, 0.3) is 5.57 Å². The van der Waals surface area contributed by atoms with Gasteiger partial charge in [0, 0.05) is 24.4 Å². The standard InChI is InChI=1S/C19H23N5O2/c1-12-11-20-8-7-16(12)17-10-18(24-23-17)22-19(25)21-13(2)14-5-4-6-15(9-14)26-3/h4-7,9-11,13,20H,8H2,1-3H3,(H3,21,22,23,24,25)/t13-/m1/s1. The van der Waals surface area contributed by atoms with Crippen molar-refractivity contribution >= 4 is 17.4 Å². The van der Waals surface area contributed by atoms with Gasteiger partial charge in [0.05, 0.1) is 18.8 Å². The molecule has 2 amide bonds. The van der Waals surface area contributed by atoms with E-state index < -0.39 is 0 Å². The van der Waals surface area contributed by atoms with Gasteiger partial charge in [-0.1, -0.05) is 18.2 Å². The summed E-state index contributed by atoms with van der Waals surface area (Å²) in [4.78, 5) is 12.3. The summed E-state index contributed by atoms with van der Waals surface area (Å²) in [5.41, 5.74) is 4.02. The lowest BCUT2D eigenvalue weighted by atomic mass is 10.0. The van der Waals surface area contributed by atoms with Gasteiger partial charge in [0.1, 0.15) is 5.75 Å². The van der Waals surface area contributed by atoms with Crippen LogP contribution in [-0.2, 0) is 0 Å². The molecule has 0 fully saturated rings. The van der Waals surface area contributed by atoms with Crippen LogP contribution in [0, 0.1) is 0 Å². The van der Waals surface area contributed by atoms with Crippen molar-refractivity contribution in [2.75, 3.05) is 19.0 Å². The van der Waals surface area contributed by atoms with Gasteiger partial charge in [0.25, 0.3) is 0 Å². The number of ether oxygens (including phenoxy) is 1. The molecule has 1 aromatic carbocycles. The number of carbonyl (C=O) groups excluding carboxylic acids is 1. The minimum absolute atomic E-state index is 0.166. The Balaban J connectivity index is 1.61. The van der Waals surface area contributed by atoms with Crippen LogP contribution in [0.2, 0.25) is 0 Å². The highest BCUT2D eigenvalue weighted by Crippen LogP contribution is 2.24. The molecule has 0 aliphatic carbocycles. The fourth-order valence-corrected chi connectivity index (χ4v) is 2.80. The molecule has 0 spiro atoms. The zero-order chi connectivity index (χ0) is 18.5. The van der Waals surface area contributed by atoms with E-state index in [0.29, 0.717) is 5.82 Å². The third-order valence-electron chi connectivity index (χ3n) is 4.22. The molecule has 136 valence electrons. The third kappa shape index (κ3) is 4.05. The van der Waals surface area contributed by atoms with Crippen LogP contribution >= 0.6 is 0 Å². The summed E-state index contributed by atoms with van der Waals surface area (Å²) >= 11 is 0. The summed E-state index contributed by atoms with van der Waals surface area (Å²) in [6.45, 7) is 4.71. The first-order valence-corrected chi connectivity index (χ1v) is 8.44. The molecule has 7 nitrogen and oxygen atoms in total. The van der Waals surface area contributed by atoms with Crippen LogP contribution in [0.1, 0.15) is 31.1 Å². The van der Waals surface area contributed by atoms with Crippen LogP contribution in [0.4, 0.5) is 10.6 Å². The van der Waals surface area contributed by atoms with E-state index >= 15 is 0 Å². The molecule has 1 atom stereocenters. The summed E-state index contributed by atoms with van der Waals surface area (Å²) in [6.07, 6.45) is 4.04. The van der Waals surface area contributed by atoms with E-state index in [2.05, 4.69) is 32.2 Å². The van der Waals surface area contributed by atoms with E-state index in [1.807, 2.05) is 50.4 Å². The Hall–Kier alpha value is -3.22. The Kier molecular flexibility index (Phi) is 5.26. The highest BCUT2D eigenvalue weighted by atomic mass is 16.5. The van der Waals surface area contributed by atoms with Gasteiger partial charge in [-0.25, -0.2) is 4.79 Å². The SMILES string of the molecule is COc1cccc([C@@H](C)NC(=O)Nc2cc(C3=CCNC=C3C)[nH]n2)c1. The molecule has 0 saturated carbocycles. The van der Waals surface area contributed by atoms with E-state index in [4.69, 9.17) is 4.74 Å². The van der Waals surface area contributed by atoms with Gasteiger partial charge < -0.3 is 15.4 Å². The summed E-state index contributed by atoms with van der Waals surface area (Å²) in [7, 11) is 1.62. The number of anilines is 1. The number of nitrogens with zero attached hydrogens (tertiary/aromatic N) is 1. The first-order chi connectivity index (χ1) is 12.6. The molecule has 0 radical (unpaired) electrons. The van der Waals surface area contributed by atoms with Crippen molar-refractivity contribution in [1.29, 1.82) is 0 Å². The van der Waals surface area contributed by atoms with Gasteiger partial charge in [-0.2, -0.15) is 5.10 Å². The summed E-state index contributed by atoms with van der Waals surface area (Å²) < 4.78 is 5.22. The summed E-state index contributed by atoms with van der Waals surface area (Å²) in [5, 5.41) is 15.9. The second-order valence-electron chi connectivity index (χ2n) is 6.12. The second kappa shape index (κ2) is 7.77. The van der Waals surface area contributed by atoms with Crippen molar-refractivity contribution in [3.63, 3.8) is 0 Å². The number of allylic oxidation sites excluding steroid dienone is 2. The maximum absolute atomic E-state index is 12.3. The van der Waals surface area contributed by atoms with Crippen molar-refractivity contribution in [3.05, 3.63) is 59.4 Å². The normalized spacial score (nSPS) is 14.6. The number of benzene rings is 1. The minimum Gasteiger partial charge on any atom is -0.497 e. The molecule has 0 saturated heterocycles. The molecule has 1 aliphatic heterocycles. The Morgan fingerprint density at radius 3 is 2.96 bits per heavy atom. The number of nitrogens with one attached hydrogen (secondary N) is 4. The molecule has 1 aromatic heterocycles. The van der Waals surface area contributed by atoms with E-state index in [9.17, 15) is 4.79 Å². The number of dihydropyridines is 1. The lowest BCUT2D eigenvalue weighted by molar-refractivity contribution is 0.249. The van der Waals surface area contributed by atoms with Gasteiger partial charge >= 0.3 is 6.03 Å². The van der Waals surface area contributed by atoms with Gasteiger partial charge in [-0.3, -0.25) is 10.4 Å². The van der Waals surface area contributed by atoms with Crippen molar-refractivity contribution in [1.82, 2.24) is 20.8 Å². The molecular weight excluding hydrogens is 330 g/mol. The average Bonchev–Trinajstić information content (AvgIpc) is 3.10. The Bertz CT molecular complexity index is 853. The Labute approximate surface area is 152 Å². The van der Waals surface area contributed by atoms with E-state index in [1.54, 1.807) is 7.11 Å². The monoisotopic (exact) mass is 353 g/mol. The number of methoxy groups -OCH3 is 1. The zero-order valence-corrected chi connectivity index (χ0v) is 15.1. The first-order valence-electron chi connectivity index (χ1n) is 8.44. The van der Waals surface area contributed by atoms with E-state index in [0.717, 1.165) is 34.7 Å². The van der Waals surface area contributed by atoms with Gasteiger partial charge in [-0.15, -0.1) is 0 Å². The molecule has 2 heterocycles. The van der Waals surface area contributed by atoms with Crippen LogP contribution in [0.5, 0.6) is 5.75 Å². The molecule has 7 heteroatoms. The second-order valence-corrected chi connectivity index (χ2v) is 6.12. The summed E-state index contributed by atoms with van der Waals surface area (Å²) in [5.74, 6) is 1.23. The Morgan fingerprint density at radius 1 is 1.35 bits per heavy atom. The molecule has 3 rings (SSSR count). The van der Waals surface area contributed by atoms with E-state index in [-0.39, 0.29) is 12.1 Å². The number of aromatic amines is 1. The fourth-order valence-electron chi connectivity index (χ4n) is 2.80. The minimum atomic E-state index is -0.315. The largest absolute Gasteiger partial charge is 0.497 e. The molecule has 0 unspecified atom stereocenters. The number of urea groups is 1. The fraction of sp³-hybridized carbons (Fsp3) is 0.263. The number of hydrogen-bond donors (Lipinski definition) is 4. The van der Waals surface area contributed by atoms with Gasteiger partial charge in [0.2, 0.25) is 0 Å². The maximum Gasteiger partial charge on any atom is 0.320 e. The molecule has 4 N–H and O–H groups in total. The maximum atomic E-state index is 12.3. The van der Waals surface area contributed by atoms with Gasteiger partial charge in [-0.05, 0) is 37.1 Å². The quantitative estimate of drug-likeness (QED) is 0.664. The summed E-state index contributed by atoms with van der Waals surface area (Å²) in [6, 6.07) is 8.95. The average molecular weight is 353 g/mol. The Morgan fingerprint density at radius 2 is 2.19 bits per heavy atom. The number of carbonyl (C=O) groups is 1. The number of hydrogen-bond acceptors (Lipinski definition) is 4. The van der Waals surface area contributed by atoms with Crippen molar-refractivity contribution < 1.29 is 9.53 Å². The smallest absolute Gasteiger partial charge is 0.320 e. The molecule has 2 aromatic rings. The zero-order valence-electron chi connectivity index (χ0n) is 15.1. The number of H-pyrrole nitrogens is 1. The topological polar surface area (TPSA) is 91.1 Å². The molecule has 26 heavy (non-hydrogen) atoms. The van der Waals surface area contributed by atoms with Crippen LogP contribution in [0.15, 0.2) is 48.2 Å². The first kappa shape index (κ1) is 17.6. The molecule has 0 bridgehead atoms. The highest BCUT2D eigenvalue weighted by Gasteiger charge is 2.14. The number of rotatable bonds is 5. The van der Waals surface area contributed by atoms with Crippen molar-refractivity contribution in [2.24, 2.45) is 0 Å². The molecule has 1 aliphatic rings. The lowest BCUT2D eigenvalue weighted by Gasteiger charge is -2.15. The van der Waals surface area contributed by atoms with Crippen LogP contribution < -0.4 is 20.7 Å². The van der Waals surface area contributed by atoms with Gasteiger partial charge in [0.15, 0.2) is 5.82 Å². The predicted molar refractivity (Wildman–Crippen MR) is 102 cm³/mol. The lowest BCUT2D eigenvalue weighted by Crippen LogP contribution is -2.31. The van der Waals surface area contributed by atoms with Crippen molar-refractivity contribution in [3.8, 4) is 5.75 Å². The van der Waals surface area contributed by atoms with Crippen molar-refractivity contribution in [2.45, 2.75) is 19.9 Å².